The molecule has 82 valence electrons. The van der Waals surface area contributed by atoms with E-state index in [1.54, 1.807) is 7.05 Å². The van der Waals surface area contributed by atoms with Gasteiger partial charge in [0.2, 0.25) is 5.95 Å². The van der Waals surface area contributed by atoms with Crippen molar-refractivity contribution in [3.8, 4) is 0 Å². The Morgan fingerprint density at radius 2 is 2.07 bits per heavy atom. The van der Waals surface area contributed by atoms with E-state index < -0.39 is 5.97 Å². The van der Waals surface area contributed by atoms with E-state index in [2.05, 4.69) is 9.97 Å². The van der Waals surface area contributed by atoms with Crippen molar-refractivity contribution in [3.63, 3.8) is 0 Å². The van der Waals surface area contributed by atoms with Crippen LogP contribution in [-0.4, -0.2) is 40.9 Å². The van der Waals surface area contributed by atoms with Crippen molar-refractivity contribution in [2.24, 2.45) is 0 Å². The SMILES string of the molecule is CN(CC(=O)O)c1ncc(C=O)cn1.Cl. The summed E-state index contributed by atoms with van der Waals surface area (Å²) in [5.41, 5.74) is 0.359. The number of carbonyl (C=O) groups excluding carboxylic acids is 1. The van der Waals surface area contributed by atoms with Crippen molar-refractivity contribution in [1.29, 1.82) is 0 Å². The molecule has 0 aliphatic rings. The van der Waals surface area contributed by atoms with E-state index in [9.17, 15) is 9.59 Å². The lowest BCUT2D eigenvalue weighted by Crippen LogP contribution is -2.26. The molecule has 1 rings (SSSR count). The predicted octanol–water partition coefficient (Wildman–Crippen LogP) is 0.232. The lowest BCUT2D eigenvalue weighted by Gasteiger charge is -2.13. The standard InChI is InChI=1S/C8H9N3O3.ClH/c1-11(4-7(13)14)8-9-2-6(5-12)3-10-8;/h2-3,5H,4H2,1H3,(H,13,14);1H. The molecule has 0 aromatic carbocycles. The maximum atomic E-state index is 10.4. The largest absolute Gasteiger partial charge is 0.480 e. The first kappa shape index (κ1) is 13.3. The van der Waals surface area contributed by atoms with Gasteiger partial charge in [0.15, 0.2) is 6.29 Å². The molecule has 1 heterocycles. The first-order chi connectivity index (χ1) is 6.63. The van der Waals surface area contributed by atoms with Crippen molar-refractivity contribution < 1.29 is 14.7 Å². The summed E-state index contributed by atoms with van der Waals surface area (Å²) >= 11 is 0. The van der Waals surface area contributed by atoms with Crippen LogP contribution in [0, 0.1) is 0 Å². The van der Waals surface area contributed by atoms with Gasteiger partial charge in [0.1, 0.15) is 6.54 Å². The Hall–Kier alpha value is -1.69. The molecule has 0 fully saturated rings. The summed E-state index contributed by atoms with van der Waals surface area (Å²) in [6, 6.07) is 0. The summed E-state index contributed by atoms with van der Waals surface area (Å²) in [7, 11) is 1.56. The van der Waals surface area contributed by atoms with Gasteiger partial charge in [-0.25, -0.2) is 9.97 Å². The lowest BCUT2D eigenvalue weighted by molar-refractivity contribution is -0.135. The highest BCUT2D eigenvalue weighted by molar-refractivity contribution is 5.85. The summed E-state index contributed by atoms with van der Waals surface area (Å²) in [6.07, 6.45) is 3.31. The van der Waals surface area contributed by atoms with Crippen LogP contribution in [0.3, 0.4) is 0 Å². The summed E-state index contributed by atoms with van der Waals surface area (Å²) in [5, 5.41) is 8.49. The molecule has 0 amide bonds. The number of nitrogens with zero attached hydrogens (tertiary/aromatic N) is 3. The van der Waals surface area contributed by atoms with Crippen molar-refractivity contribution in [1.82, 2.24) is 9.97 Å². The predicted molar refractivity (Wildman–Crippen MR) is 55.6 cm³/mol. The first-order valence-electron chi connectivity index (χ1n) is 3.83. The van der Waals surface area contributed by atoms with Gasteiger partial charge < -0.3 is 10.0 Å². The van der Waals surface area contributed by atoms with Gasteiger partial charge in [-0.2, -0.15) is 0 Å². The Balaban J connectivity index is 0.00000196. The zero-order valence-corrected chi connectivity index (χ0v) is 8.77. The Kier molecular flexibility index (Phi) is 5.25. The van der Waals surface area contributed by atoms with Crippen LogP contribution in [-0.2, 0) is 4.79 Å². The zero-order chi connectivity index (χ0) is 10.6. The molecule has 7 heteroatoms. The van der Waals surface area contributed by atoms with Gasteiger partial charge in [0, 0.05) is 19.4 Å². The van der Waals surface area contributed by atoms with Crippen LogP contribution in [0.25, 0.3) is 0 Å². The number of aliphatic carboxylic acids is 1. The van der Waals surface area contributed by atoms with E-state index in [0.717, 1.165) is 0 Å². The van der Waals surface area contributed by atoms with E-state index in [1.807, 2.05) is 0 Å². The number of hydrogen-bond acceptors (Lipinski definition) is 5. The average molecular weight is 232 g/mol. The number of rotatable bonds is 4. The number of carbonyl (C=O) groups is 2. The highest BCUT2D eigenvalue weighted by atomic mass is 35.5. The molecule has 0 aliphatic carbocycles. The number of hydrogen-bond donors (Lipinski definition) is 1. The summed E-state index contributed by atoms with van der Waals surface area (Å²) in [5.74, 6) is -0.687. The molecule has 0 atom stereocenters. The average Bonchev–Trinajstić information content (AvgIpc) is 2.17. The molecule has 1 aromatic heterocycles. The van der Waals surface area contributed by atoms with Crippen molar-refractivity contribution in [2.45, 2.75) is 0 Å². The number of halogens is 1. The van der Waals surface area contributed by atoms with Gasteiger partial charge >= 0.3 is 5.97 Å². The Morgan fingerprint density at radius 1 is 1.53 bits per heavy atom. The molecule has 0 saturated heterocycles. The van der Waals surface area contributed by atoms with Gasteiger partial charge in [-0.15, -0.1) is 12.4 Å². The number of aromatic nitrogens is 2. The number of aldehydes is 1. The Bertz CT molecular complexity index is 341. The van der Waals surface area contributed by atoms with Crippen molar-refractivity contribution in [3.05, 3.63) is 18.0 Å². The molecule has 6 nitrogen and oxygen atoms in total. The molecule has 0 bridgehead atoms. The monoisotopic (exact) mass is 231 g/mol. The minimum Gasteiger partial charge on any atom is -0.480 e. The van der Waals surface area contributed by atoms with E-state index in [-0.39, 0.29) is 24.9 Å². The van der Waals surface area contributed by atoms with Crippen LogP contribution in [0.15, 0.2) is 12.4 Å². The lowest BCUT2D eigenvalue weighted by atomic mass is 10.4. The fourth-order valence-electron chi connectivity index (χ4n) is 0.863. The molecular weight excluding hydrogens is 222 g/mol. The van der Waals surface area contributed by atoms with Gasteiger partial charge in [-0.3, -0.25) is 9.59 Å². The second-order valence-corrected chi connectivity index (χ2v) is 2.68. The summed E-state index contributed by atoms with van der Waals surface area (Å²) in [4.78, 5) is 29.6. The minimum absolute atomic E-state index is 0. The summed E-state index contributed by atoms with van der Waals surface area (Å²) in [6.45, 7) is -0.180. The van der Waals surface area contributed by atoms with Crippen LogP contribution >= 0.6 is 12.4 Å². The molecule has 1 aromatic rings. The third-order valence-electron chi connectivity index (χ3n) is 1.51. The molecular formula is C8H10ClN3O3. The third-order valence-corrected chi connectivity index (χ3v) is 1.51. The smallest absolute Gasteiger partial charge is 0.323 e. The quantitative estimate of drug-likeness (QED) is 0.747. The summed E-state index contributed by atoms with van der Waals surface area (Å²) < 4.78 is 0. The van der Waals surface area contributed by atoms with E-state index >= 15 is 0 Å². The first-order valence-corrected chi connectivity index (χ1v) is 3.83. The number of anilines is 1. The normalized spacial score (nSPS) is 8.87. The topological polar surface area (TPSA) is 83.4 Å². The molecule has 0 unspecified atom stereocenters. The maximum absolute atomic E-state index is 10.4. The molecule has 15 heavy (non-hydrogen) atoms. The zero-order valence-electron chi connectivity index (χ0n) is 7.95. The minimum atomic E-state index is -0.962. The Labute approximate surface area is 92.4 Å². The molecule has 0 spiro atoms. The number of carboxylic acids is 1. The van der Waals surface area contributed by atoms with Crippen LogP contribution in [0.1, 0.15) is 10.4 Å². The highest BCUT2D eigenvalue weighted by Crippen LogP contribution is 2.02. The van der Waals surface area contributed by atoms with Crippen molar-refractivity contribution >= 4 is 30.6 Å². The Morgan fingerprint density at radius 3 is 2.47 bits per heavy atom. The fourth-order valence-corrected chi connectivity index (χ4v) is 0.863. The number of likely N-dealkylation sites (N-methyl/N-ethyl adjacent to an activating group) is 1. The third kappa shape index (κ3) is 3.90. The molecule has 0 radical (unpaired) electrons. The van der Waals surface area contributed by atoms with Gasteiger partial charge in [0.05, 0.1) is 5.56 Å². The van der Waals surface area contributed by atoms with E-state index in [4.69, 9.17) is 5.11 Å². The van der Waals surface area contributed by atoms with Gasteiger partial charge in [0.25, 0.3) is 0 Å². The van der Waals surface area contributed by atoms with Crippen LogP contribution in [0.2, 0.25) is 0 Å². The second kappa shape index (κ2) is 5.92. The molecule has 1 N–H and O–H groups in total. The maximum Gasteiger partial charge on any atom is 0.323 e. The van der Waals surface area contributed by atoms with Crippen molar-refractivity contribution in [2.75, 3.05) is 18.5 Å². The van der Waals surface area contributed by atoms with E-state index in [1.165, 1.54) is 17.3 Å². The van der Waals surface area contributed by atoms with E-state index in [0.29, 0.717) is 11.8 Å². The molecule has 0 saturated carbocycles. The number of carboxylic acid groups (broad SMARTS) is 1. The molecule has 0 aliphatic heterocycles. The van der Waals surface area contributed by atoms with Crippen LogP contribution in [0.4, 0.5) is 5.95 Å². The fraction of sp³-hybridized carbons (Fsp3) is 0.250. The van der Waals surface area contributed by atoms with Crippen LogP contribution < -0.4 is 4.90 Å². The van der Waals surface area contributed by atoms with Crippen LogP contribution in [0.5, 0.6) is 0 Å². The van der Waals surface area contributed by atoms with Gasteiger partial charge in [-0.1, -0.05) is 0 Å². The van der Waals surface area contributed by atoms with Gasteiger partial charge in [-0.05, 0) is 0 Å². The second-order valence-electron chi connectivity index (χ2n) is 2.68. The highest BCUT2D eigenvalue weighted by Gasteiger charge is 2.07.